The molecular weight excluding hydrogens is 270 g/mol. The fourth-order valence-electron chi connectivity index (χ4n) is 2.40. The molecule has 1 saturated heterocycles. The van der Waals surface area contributed by atoms with Gasteiger partial charge in [-0.15, -0.1) is 0 Å². The fraction of sp³-hybridized carbons (Fsp3) is 0.533. The van der Waals surface area contributed by atoms with Crippen LogP contribution in [-0.4, -0.2) is 48.3 Å². The lowest BCUT2D eigenvalue weighted by molar-refractivity contribution is 0.0244. The number of β-amino-alcohol motifs (C(OH)–C–C–N with tert-alkyl or cyclic N) is 1. The van der Waals surface area contributed by atoms with Crippen LogP contribution in [0.25, 0.3) is 0 Å². The van der Waals surface area contributed by atoms with Crippen LogP contribution in [0.1, 0.15) is 23.7 Å². The van der Waals surface area contributed by atoms with E-state index >= 15 is 0 Å². The molecule has 1 heterocycles. The molecule has 1 aromatic carbocycles. The number of aliphatic hydroxyl groups excluding tert-OH is 1. The molecule has 21 heavy (non-hydrogen) atoms. The van der Waals surface area contributed by atoms with E-state index in [2.05, 4.69) is 17.2 Å². The van der Waals surface area contributed by atoms with E-state index in [-0.39, 0.29) is 12.0 Å². The van der Waals surface area contributed by atoms with Crippen LogP contribution in [0.15, 0.2) is 24.3 Å². The van der Waals surface area contributed by atoms with Gasteiger partial charge in [0, 0.05) is 18.7 Å². The molecule has 1 amide bonds. The molecule has 0 aliphatic carbocycles. The molecule has 0 bridgehead atoms. The molecule has 1 aromatic rings. The Balaban J connectivity index is 1.75. The van der Waals surface area contributed by atoms with Crippen LogP contribution in [-0.2, 0) is 0 Å². The number of benzene rings is 1. The van der Waals surface area contributed by atoms with Crippen molar-refractivity contribution in [1.82, 2.24) is 10.3 Å². The van der Waals surface area contributed by atoms with Crippen molar-refractivity contribution in [2.45, 2.75) is 19.4 Å². The van der Waals surface area contributed by atoms with Crippen molar-refractivity contribution in [2.24, 2.45) is 11.8 Å². The topological polar surface area (TPSA) is 87.8 Å². The van der Waals surface area contributed by atoms with Crippen molar-refractivity contribution >= 4 is 5.91 Å². The highest BCUT2D eigenvalue weighted by atomic mass is 16.5. The molecule has 1 aliphatic heterocycles. The van der Waals surface area contributed by atoms with Crippen molar-refractivity contribution in [3.63, 3.8) is 0 Å². The van der Waals surface area contributed by atoms with Gasteiger partial charge in [0.2, 0.25) is 0 Å². The first-order valence-electron chi connectivity index (χ1n) is 7.24. The predicted molar refractivity (Wildman–Crippen MR) is 79.8 cm³/mol. The Bertz CT molecular complexity index is 464. The molecule has 6 nitrogen and oxygen atoms in total. The highest BCUT2D eigenvalue weighted by Crippen LogP contribution is 2.17. The van der Waals surface area contributed by atoms with Gasteiger partial charge in [0.05, 0.1) is 6.10 Å². The Morgan fingerprint density at radius 3 is 2.81 bits per heavy atom. The van der Waals surface area contributed by atoms with Crippen LogP contribution in [0.4, 0.5) is 0 Å². The highest BCUT2D eigenvalue weighted by Gasteiger charge is 2.23. The maximum Gasteiger partial charge on any atom is 0.265 e. The van der Waals surface area contributed by atoms with Crippen molar-refractivity contribution < 1.29 is 14.6 Å². The summed E-state index contributed by atoms with van der Waals surface area (Å²) in [6.07, 6.45) is 0.775. The van der Waals surface area contributed by atoms with E-state index in [1.165, 1.54) is 0 Å². The number of aliphatic hydroxyl groups is 1. The maximum atomic E-state index is 11.3. The summed E-state index contributed by atoms with van der Waals surface area (Å²) in [5.74, 6) is 5.84. The third-order valence-corrected chi connectivity index (χ3v) is 3.93. The minimum Gasteiger partial charge on any atom is -0.492 e. The van der Waals surface area contributed by atoms with E-state index in [4.69, 9.17) is 10.6 Å². The zero-order chi connectivity index (χ0) is 15.2. The normalized spacial score (nSPS) is 22.8. The van der Waals surface area contributed by atoms with E-state index in [1.54, 1.807) is 24.3 Å². The zero-order valence-corrected chi connectivity index (χ0v) is 12.3. The minimum atomic E-state index is -0.321. The molecule has 0 spiro atoms. The van der Waals surface area contributed by atoms with Crippen LogP contribution in [0.5, 0.6) is 5.75 Å². The van der Waals surface area contributed by atoms with Crippen molar-refractivity contribution in [2.75, 3.05) is 26.2 Å². The second kappa shape index (κ2) is 7.40. The standard InChI is InChI=1S/C15H23N3O3/c1-11-6-7-18(10-14(11)19)8-9-21-13-4-2-12(3-5-13)15(20)17-16/h2-5,11,14,19H,6-10,16H2,1H3,(H,17,20). The predicted octanol–water partition coefficient (Wildman–Crippen LogP) is 0.372. The first-order valence-corrected chi connectivity index (χ1v) is 7.24. The first kappa shape index (κ1) is 15.8. The Labute approximate surface area is 124 Å². The number of amides is 1. The van der Waals surface area contributed by atoms with Gasteiger partial charge in [-0.25, -0.2) is 5.84 Å². The van der Waals surface area contributed by atoms with Crippen molar-refractivity contribution in [3.05, 3.63) is 29.8 Å². The average molecular weight is 293 g/mol. The lowest BCUT2D eigenvalue weighted by atomic mass is 9.96. The molecule has 6 heteroatoms. The van der Waals surface area contributed by atoms with Crippen LogP contribution >= 0.6 is 0 Å². The molecule has 0 saturated carbocycles. The van der Waals surface area contributed by atoms with Crippen LogP contribution in [0, 0.1) is 5.92 Å². The van der Waals surface area contributed by atoms with Gasteiger partial charge in [-0.2, -0.15) is 0 Å². The van der Waals surface area contributed by atoms with Crippen LogP contribution in [0.3, 0.4) is 0 Å². The van der Waals surface area contributed by atoms with Gasteiger partial charge in [0.1, 0.15) is 12.4 Å². The number of hydrogen-bond acceptors (Lipinski definition) is 5. The SMILES string of the molecule is CC1CCN(CCOc2ccc(C(=O)NN)cc2)CC1O. The smallest absolute Gasteiger partial charge is 0.265 e. The number of piperidine rings is 1. The summed E-state index contributed by atoms with van der Waals surface area (Å²) in [5.41, 5.74) is 2.58. The maximum absolute atomic E-state index is 11.3. The number of nitrogens with zero attached hydrogens (tertiary/aromatic N) is 1. The number of hydrogen-bond donors (Lipinski definition) is 3. The molecule has 0 aromatic heterocycles. The summed E-state index contributed by atoms with van der Waals surface area (Å²) in [6.45, 7) is 5.13. The third-order valence-electron chi connectivity index (χ3n) is 3.93. The molecule has 0 radical (unpaired) electrons. The summed E-state index contributed by atoms with van der Waals surface area (Å²) in [4.78, 5) is 13.5. The van der Waals surface area contributed by atoms with Crippen LogP contribution in [0.2, 0.25) is 0 Å². The fourth-order valence-corrected chi connectivity index (χ4v) is 2.40. The van der Waals surface area contributed by atoms with Gasteiger partial charge in [0.25, 0.3) is 5.91 Å². The highest BCUT2D eigenvalue weighted by molar-refractivity contribution is 5.93. The van der Waals surface area contributed by atoms with Gasteiger partial charge in [-0.1, -0.05) is 6.92 Å². The number of likely N-dealkylation sites (tertiary alicyclic amines) is 1. The third kappa shape index (κ3) is 4.42. The summed E-state index contributed by atoms with van der Waals surface area (Å²) >= 11 is 0. The summed E-state index contributed by atoms with van der Waals surface area (Å²) < 4.78 is 5.65. The molecule has 4 N–H and O–H groups in total. The number of rotatable bonds is 5. The monoisotopic (exact) mass is 293 g/mol. The number of nitrogens with one attached hydrogen (secondary N) is 1. The summed E-state index contributed by atoms with van der Waals surface area (Å²) in [6, 6.07) is 6.84. The average Bonchev–Trinajstić information content (AvgIpc) is 2.51. The molecule has 116 valence electrons. The lowest BCUT2D eigenvalue weighted by Gasteiger charge is -2.34. The van der Waals surface area contributed by atoms with E-state index in [9.17, 15) is 9.90 Å². The van der Waals surface area contributed by atoms with Gasteiger partial charge in [0.15, 0.2) is 0 Å². The molecule has 1 fully saturated rings. The van der Waals surface area contributed by atoms with E-state index in [0.29, 0.717) is 24.6 Å². The lowest BCUT2D eigenvalue weighted by Crippen LogP contribution is -2.44. The van der Waals surface area contributed by atoms with Gasteiger partial charge < -0.3 is 9.84 Å². The quantitative estimate of drug-likeness (QED) is 0.415. The molecule has 1 aliphatic rings. The zero-order valence-electron chi connectivity index (χ0n) is 12.3. The van der Waals surface area contributed by atoms with Gasteiger partial charge in [-0.3, -0.25) is 15.1 Å². The van der Waals surface area contributed by atoms with E-state index in [0.717, 1.165) is 25.3 Å². The second-order valence-corrected chi connectivity index (χ2v) is 5.48. The molecular formula is C15H23N3O3. The van der Waals surface area contributed by atoms with E-state index in [1.807, 2.05) is 0 Å². The molecule has 2 rings (SSSR count). The first-order chi connectivity index (χ1) is 10.1. The number of carbonyl (C=O) groups excluding carboxylic acids is 1. The Hall–Kier alpha value is -1.63. The van der Waals surface area contributed by atoms with Crippen LogP contribution < -0.4 is 16.0 Å². The van der Waals surface area contributed by atoms with Crippen molar-refractivity contribution in [3.8, 4) is 5.75 Å². The Morgan fingerprint density at radius 1 is 1.48 bits per heavy atom. The van der Waals surface area contributed by atoms with Gasteiger partial charge >= 0.3 is 0 Å². The summed E-state index contributed by atoms with van der Waals surface area (Å²) in [7, 11) is 0. The minimum absolute atomic E-state index is 0.243. The largest absolute Gasteiger partial charge is 0.492 e. The number of carbonyl (C=O) groups is 1. The number of nitrogens with two attached hydrogens (primary N) is 1. The number of ether oxygens (including phenoxy) is 1. The summed E-state index contributed by atoms with van der Waals surface area (Å²) in [5, 5.41) is 9.84. The second-order valence-electron chi connectivity index (χ2n) is 5.48. The van der Waals surface area contributed by atoms with Gasteiger partial charge in [-0.05, 0) is 43.1 Å². The molecule has 2 unspecified atom stereocenters. The Morgan fingerprint density at radius 2 is 2.19 bits per heavy atom. The number of hydrazine groups is 1. The van der Waals surface area contributed by atoms with Crippen molar-refractivity contribution in [1.29, 1.82) is 0 Å². The number of nitrogen functional groups attached to an aromatic ring is 1. The molecule has 2 atom stereocenters. The van der Waals surface area contributed by atoms with E-state index < -0.39 is 0 Å². The Kier molecular flexibility index (Phi) is 5.55.